The number of benzene rings is 4. The van der Waals surface area contributed by atoms with Gasteiger partial charge >= 0.3 is 0 Å². The average molecular weight is 328 g/mol. The molecule has 0 saturated heterocycles. The Morgan fingerprint density at radius 3 is 1.68 bits per heavy atom. The molecule has 0 atom stereocenters. The Kier molecular flexibility index (Phi) is 3.55. The number of phenols is 3. The maximum Gasteiger partial charge on any atom is 0.116 e. The number of fused-ring (bicyclic) bond motifs is 1. The molecule has 0 spiro atoms. The summed E-state index contributed by atoms with van der Waals surface area (Å²) in [6.45, 7) is 0. The van der Waals surface area contributed by atoms with Crippen molar-refractivity contribution in [3.63, 3.8) is 0 Å². The Hall–Kier alpha value is -3.46. The molecule has 0 aromatic heterocycles. The van der Waals surface area contributed by atoms with Gasteiger partial charge in [-0.25, -0.2) is 0 Å². The van der Waals surface area contributed by atoms with Crippen LogP contribution in [-0.4, -0.2) is 15.3 Å². The third-order valence-electron chi connectivity index (χ3n) is 4.34. The van der Waals surface area contributed by atoms with E-state index in [0.29, 0.717) is 0 Å². The lowest BCUT2D eigenvalue weighted by molar-refractivity contribution is 0.475. The van der Waals surface area contributed by atoms with Gasteiger partial charge < -0.3 is 15.3 Å². The van der Waals surface area contributed by atoms with Crippen molar-refractivity contribution in [3.8, 4) is 39.5 Å². The van der Waals surface area contributed by atoms with Crippen molar-refractivity contribution in [2.24, 2.45) is 0 Å². The fourth-order valence-electron chi connectivity index (χ4n) is 3.14. The van der Waals surface area contributed by atoms with Gasteiger partial charge in [-0.1, -0.05) is 42.5 Å². The van der Waals surface area contributed by atoms with Crippen LogP contribution >= 0.6 is 0 Å². The molecule has 4 rings (SSSR count). The lowest BCUT2D eigenvalue weighted by atomic mass is 9.89. The molecule has 0 aliphatic carbocycles. The van der Waals surface area contributed by atoms with Crippen molar-refractivity contribution >= 4 is 10.8 Å². The third kappa shape index (κ3) is 2.76. The van der Waals surface area contributed by atoms with Crippen molar-refractivity contribution in [3.05, 3.63) is 78.9 Å². The van der Waals surface area contributed by atoms with Gasteiger partial charge in [0.05, 0.1) is 0 Å². The van der Waals surface area contributed by atoms with Crippen molar-refractivity contribution in [2.75, 3.05) is 0 Å². The normalized spacial score (nSPS) is 10.9. The van der Waals surface area contributed by atoms with Crippen molar-refractivity contribution in [1.29, 1.82) is 0 Å². The van der Waals surface area contributed by atoms with Crippen LogP contribution < -0.4 is 0 Å². The predicted octanol–water partition coefficient (Wildman–Crippen LogP) is 5.29. The number of hydrogen-bond donors (Lipinski definition) is 3. The molecule has 4 aromatic carbocycles. The van der Waals surface area contributed by atoms with Crippen LogP contribution in [0.1, 0.15) is 0 Å². The maximum atomic E-state index is 9.78. The summed E-state index contributed by atoms with van der Waals surface area (Å²) in [6, 6.07) is 23.4. The SMILES string of the molecule is Oc1ccc(-c2ccc3cc(O)ccc3c2-c2ccc(O)cc2)cc1. The summed E-state index contributed by atoms with van der Waals surface area (Å²) in [5.74, 6) is 0.662. The lowest BCUT2D eigenvalue weighted by Crippen LogP contribution is -1.88. The zero-order valence-corrected chi connectivity index (χ0v) is 13.3. The molecular weight excluding hydrogens is 312 g/mol. The highest BCUT2D eigenvalue weighted by atomic mass is 16.3. The molecule has 0 aliphatic rings. The Morgan fingerprint density at radius 1 is 0.480 bits per heavy atom. The molecule has 3 nitrogen and oxygen atoms in total. The molecular formula is C22H16O3. The van der Waals surface area contributed by atoms with E-state index >= 15 is 0 Å². The van der Waals surface area contributed by atoms with E-state index in [0.717, 1.165) is 33.0 Å². The minimum atomic E-state index is 0.216. The fourth-order valence-corrected chi connectivity index (χ4v) is 3.14. The topological polar surface area (TPSA) is 60.7 Å². The maximum absolute atomic E-state index is 9.78. The minimum absolute atomic E-state index is 0.216. The van der Waals surface area contributed by atoms with Gasteiger partial charge in [0.1, 0.15) is 17.2 Å². The molecule has 3 heteroatoms. The molecule has 25 heavy (non-hydrogen) atoms. The van der Waals surface area contributed by atoms with Crippen LogP contribution in [0.15, 0.2) is 78.9 Å². The second-order valence-corrected chi connectivity index (χ2v) is 5.99. The van der Waals surface area contributed by atoms with E-state index in [9.17, 15) is 15.3 Å². The summed E-state index contributed by atoms with van der Waals surface area (Å²) in [5.41, 5.74) is 3.99. The first kappa shape index (κ1) is 15.1. The largest absolute Gasteiger partial charge is 0.508 e. The van der Waals surface area contributed by atoms with E-state index in [2.05, 4.69) is 0 Å². The molecule has 122 valence electrons. The molecule has 0 saturated carbocycles. The van der Waals surface area contributed by atoms with Crippen LogP contribution in [0.2, 0.25) is 0 Å². The van der Waals surface area contributed by atoms with Crippen LogP contribution in [0.4, 0.5) is 0 Å². The summed E-state index contributed by atoms with van der Waals surface area (Å²) in [7, 11) is 0. The van der Waals surface area contributed by atoms with Crippen LogP contribution in [0.3, 0.4) is 0 Å². The van der Waals surface area contributed by atoms with Gasteiger partial charge in [-0.15, -0.1) is 0 Å². The van der Waals surface area contributed by atoms with Gasteiger partial charge in [-0.2, -0.15) is 0 Å². The highest BCUT2D eigenvalue weighted by Crippen LogP contribution is 2.39. The Bertz CT molecular complexity index is 1050. The van der Waals surface area contributed by atoms with Gasteiger partial charge in [0, 0.05) is 0 Å². The summed E-state index contributed by atoms with van der Waals surface area (Å²) < 4.78 is 0. The molecule has 4 aromatic rings. The van der Waals surface area contributed by atoms with Crippen LogP contribution in [0.25, 0.3) is 33.0 Å². The zero-order valence-electron chi connectivity index (χ0n) is 13.3. The van der Waals surface area contributed by atoms with Crippen molar-refractivity contribution in [1.82, 2.24) is 0 Å². The molecule has 0 fully saturated rings. The zero-order chi connectivity index (χ0) is 17.4. The first-order valence-corrected chi connectivity index (χ1v) is 7.96. The molecule has 0 unspecified atom stereocenters. The van der Waals surface area contributed by atoms with E-state index in [1.165, 1.54) is 0 Å². The Morgan fingerprint density at radius 2 is 1.04 bits per heavy atom. The fraction of sp³-hybridized carbons (Fsp3) is 0. The summed E-state index contributed by atoms with van der Waals surface area (Å²) in [5, 5.41) is 30.9. The van der Waals surface area contributed by atoms with Crippen LogP contribution in [0, 0.1) is 0 Å². The highest BCUT2D eigenvalue weighted by Gasteiger charge is 2.12. The Labute approximate surface area is 145 Å². The summed E-state index contributed by atoms with van der Waals surface area (Å²) in [6.07, 6.45) is 0. The number of rotatable bonds is 2. The lowest BCUT2D eigenvalue weighted by Gasteiger charge is -2.14. The Balaban J connectivity index is 2.05. The summed E-state index contributed by atoms with van der Waals surface area (Å²) in [4.78, 5) is 0. The molecule has 3 N–H and O–H groups in total. The van der Waals surface area contributed by atoms with Gasteiger partial charge in [-0.3, -0.25) is 0 Å². The average Bonchev–Trinajstić information content (AvgIpc) is 2.62. The molecule has 0 heterocycles. The predicted molar refractivity (Wildman–Crippen MR) is 99.8 cm³/mol. The highest BCUT2D eigenvalue weighted by molar-refractivity contribution is 6.04. The minimum Gasteiger partial charge on any atom is -0.508 e. The standard InChI is InChI=1S/C22H16O3/c23-17-6-1-14(2-7-17)20-11-5-16-13-19(25)10-12-21(16)22(20)15-3-8-18(24)9-4-15/h1-13,23-25H. The van der Waals surface area contributed by atoms with Crippen LogP contribution in [-0.2, 0) is 0 Å². The second-order valence-electron chi connectivity index (χ2n) is 5.99. The monoisotopic (exact) mass is 328 g/mol. The first-order valence-electron chi connectivity index (χ1n) is 7.96. The third-order valence-corrected chi connectivity index (χ3v) is 4.34. The number of phenolic OH excluding ortho intramolecular Hbond substituents is 3. The van der Waals surface area contributed by atoms with E-state index < -0.39 is 0 Å². The molecule has 0 radical (unpaired) electrons. The van der Waals surface area contributed by atoms with E-state index in [-0.39, 0.29) is 17.2 Å². The smallest absolute Gasteiger partial charge is 0.116 e. The van der Waals surface area contributed by atoms with Gasteiger partial charge in [-0.05, 0) is 69.4 Å². The number of aromatic hydroxyl groups is 3. The second kappa shape index (κ2) is 5.87. The van der Waals surface area contributed by atoms with Crippen molar-refractivity contribution in [2.45, 2.75) is 0 Å². The van der Waals surface area contributed by atoms with Gasteiger partial charge in [0.25, 0.3) is 0 Å². The van der Waals surface area contributed by atoms with E-state index in [1.807, 2.05) is 42.5 Å². The summed E-state index contributed by atoms with van der Waals surface area (Å²) >= 11 is 0. The van der Waals surface area contributed by atoms with Crippen LogP contribution in [0.5, 0.6) is 17.2 Å². The van der Waals surface area contributed by atoms with Gasteiger partial charge in [0.2, 0.25) is 0 Å². The molecule has 0 bridgehead atoms. The van der Waals surface area contributed by atoms with Gasteiger partial charge in [0.15, 0.2) is 0 Å². The molecule has 0 amide bonds. The number of hydrogen-bond acceptors (Lipinski definition) is 3. The van der Waals surface area contributed by atoms with E-state index in [4.69, 9.17) is 0 Å². The van der Waals surface area contributed by atoms with Crippen molar-refractivity contribution < 1.29 is 15.3 Å². The quantitative estimate of drug-likeness (QED) is 0.468. The first-order chi connectivity index (χ1) is 12.1. The van der Waals surface area contributed by atoms with E-state index in [1.54, 1.807) is 36.4 Å². The molecule has 0 aliphatic heterocycles.